The van der Waals surface area contributed by atoms with Crippen LogP contribution in [0.5, 0.6) is 0 Å². The predicted molar refractivity (Wildman–Crippen MR) is 84.1 cm³/mol. The van der Waals surface area contributed by atoms with Gasteiger partial charge in [0.05, 0.1) is 11.6 Å². The number of aliphatic hydroxyl groups excluding tert-OH is 1. The Morgan fingerprint density at radius 2 is 1.91 bits per heavy atom. The highest BCUT2D eigenvalue weighted by atomic mass is 19.1. The van der Waals surface area contributed by atoms with E-state index in [2.05, 4.69) is 15.3 Å². The van der Waals surface area contributed by atoms with Gasteiger partial charge in [-0.3, -0.25) is 4.98 Å². The summed E-state index contributed by atoms with van der Waals surface area (Å²) in [5, 5.41) is 14.1. The van der Waals surface area contributed by atoms with E-state index in [4.69, 9.17) is 0 Å². The largest absolute Gasteiger partial charge is 0.391 e. The molecule has 2 aromatic heterocycles. The minimum absolute atomic E-state index is 0.253. The molecule has 0 saturated carbocycles. The first-order chi connectivity index (χ1) is 10.7. The van der Waals surface area contributed by atoms with Crippen molar-refractivity contribution in [1.82, 2.24) is 9.97 Å². The fourth-order valence-corrected chi connectivity index (χ4v) is 2.35. The lowest BCUT2D eigenvalue weighted by Crippen LogP contribution is -2.22. The summed E-state index contributed by atoms with van der Waals surface area (Å²) in [6, 6.07) is 12.1. The molecule has 5 heteroatoms. The van der Waals surface area contributed by atoms with Crippen molar-refractivity contribution >= 4 is 16.7 Å². The molecule has 1 atom stereocenters. The second-order valence-corrected chi connectivity index (χ2v) is 5.06. The number of aromatic nitrogens is 2. The summed E-state index contributed by atoms with van der Waals surface area (Å²) in [6.07, 6.45) is 2.94. The number of fused-ring (bicyclic) bond motifs is 1. The topological polar surface area (TPSA) is 58.0 Å². The van der Waals surface area contributed by atoms with Gasteiger partial charge in [-0.05, 0) is 29.8 Å². The van der Waals surface area contributed by atoms with Crippen LogP contribution in [-0.4, -0.2) is 27.7 Å². The van der Waals surface area contributed by atoms with Gasteiger partial charge in [0.2, 0.25) is 0 Å². The SMILES string of the molecule is OC(CNc1nccc2ncccc12)Cc1ccccc1F. The fraction of sp³-hybridized carbons (Fsp3) is 0.176. The second-order valence-electron chi connectivity index (χ2n) is 5.06. The van der Waals surface area contributed by atoms with E-state index < -0.39 is 6.10 Å². The lowest BCUT2D eigenvalue weighted by molar-refractivity contribution is 0.186. The molecule has 0 saturated heterocycles. The Bertz CT molecular complexity index is 773. The number of halogens is 1. The van der Waals surface area contributed by atoms with E-state index in [-0.39, 0.29) is 18.8 Å². The lowest BCUT2D eigenvalue weighted by atomic mass is 10.1. The van der Waals surface area contributed by atoms with Crippen molar-refractivity contribution in [2.24, 2.45) is 0 Å². The van der Waals surface area contributed by atoms with Crippen LogP contribution in [0.2, 0.25) is 0 Å². The van der Waals surface area contributed by atoms with Gasteiger partial charge in [0.25, 0.3) is 0 Å². The molecule has 2 N–H and O–H groups in total. The molecule has 112 valence electrons. The Morgan fingerprint density at radius 3 is 2.77 bits per heavy atom. The minimum Gasteiger partial charge on any atom is -0.391 e. The first kappa shape index (κ1) is 14.4. The molecule has 0 amide bonds. The molecule has 4 nitrogen and oxygen atoms in total. The van der Waals surface area contributed by atoms with Crippen LogP contribution in [0.15, 0.2) is 54.9 Å². The first-order valence-corrected chi connectivity index (χ1v) is 7.09. The molecule has 22 heavy (non-hydrogen) atoms. The van der Waals surface area contributed by atoms with Gasteiger partial charge < -0.3 is 10.4 Å². The molecule has 0 fully saturated rings. The van der Waals surface area contributed by atoms with Gasteiger partial charge in [-0.1, -0.05) is 18.2 Å². The summed E-state index contributed by atoms with van der Waals surface area (Å²) in [7, 11) is 0. The summed E-state index contributed by atoms with van der Waals surface area (Å²) < 4.78 is 13.6. The predicted octanol–water partition coefficient (Wildman–Crippen LogP) is 2.78. The van der Waals surface area contributed by atoms with Crippen LogP contribution in [0.1, 0.15) is 5.56 Å². The van der Waals surface area contributed by atoms with Crippen molar-refractivity contribution in [1.29, 1.82) is 0 Å². The summed E-state index contributed by atoms with van der Waals surface area (Å²) in [5.74, 6) is 0.368. The molecule has 3 rings (SSSR count). The Kier molecular flexibility index (Phi) is 4.25. The van der Waals surface area contributed by atoms with Crippen LogP contribution in [0, 0.1) is 5.82 Å². The quantitative estimate of drug-likeness (QED) is 0.760. The highest BCUT2D eigenvalue weighted by Gasteiger charge is 2.10. The number of rotatable bonds is 5. The highest BCUT2D eigenvalue weighted by molar-refractivity contribution is 5.88. The van der Waals surface area contributed by atoms with E-state index in [1.807, 2.05) is 18.2 Å². The van der Waals surface area contributed by atoms with E-state index in [0.29, 0.717) is 11.4 Å². The third-order valence-electron chi connectivity index (χ3n) is 3.45. The van der Waals surface area contributed by atoms with Crippen molar-refractivity contribution in [3.8, 4) is 0 Å². The van der Waals surface area contributed by atoms with Crippen LogP contribution in [0.3, 0.4) is 0 Å². The van der Waals surface area contributed by atoms with Crippen LogP contribution in [0.25, 0.3) is 10.9 Å². The van der Waals surface area contributed by atoms with E-state index in [0.717, 1.165) is 10.9 Å². The minimum atomic E-state index is -0.703. The van der Waals surface area contributed by atoms with Crippen LogP contribution in [0.4, 0.5) is 10.2 Å². The maximum atomic E-state index is 13.6. The molecule has 0 aliphatic rings. The summed E-state index contributed by atoms with van der Waals surface area (Å²) in [5.41, 5.74) is 1.34. The number of nitrogens with one attached hydrogen (secondary N) is 1. The van der Waals surface area contributed by atoms with Crippen LogP contribution in [-0.2, 0) is 6.42 Å². The summed E-state index contributed by atoms with van der Waals surface area (Å²) in [4.78, 5) is 8.52. The molecule has 1 aromatic carbocycles. The number of hydrogen-bond donors (Lipinski definition) is 2. The zero-order valence-electron chi connectivity index (χ0n) is 11.9. The van der Waals surface area contributed by atoms with E-state index >= 15 is 0 Å². The van der Waals surface area contributed by atoms with Crippen molar-refractivity contribution < 1.29 is 9.50 Å². The molecular weight excluding hydrogens is 281 g/mol. The van der Waals surface area contributed by atoms with E-state index in [1.54, 1.807) is 30.6 Å². The van der Waals surface area contributed by atoms with Gasteiger partial charge in [0.1, 0.15) is 11.6 Å². The first-order valence-electron chi connectivity index (χ1n) is 7.09. The molecule has 2 heterocycles. The summed E-state index contributed by atoms with van der Waals surface area (Å²) >= 11 is 0. The van der Waals surface area contributed by atoms with Gasteiger partial charge in [0, 0.05) is 30.7 Å². The van der Waals surface area contributed by atoms with Gasteiger partial charge in [-0.15, -0.1) is 0 Å². The standard InChI is InChI=1S/C17H16FN3O/c18-15-6-2-1-4-12(15)10-13(22)11-21-17-14-5-3-8-19-16(14)7-9-20-17/h1-9,13,22H,10-11H2,(H,20,21). The third-order valence-corrected chi connectivity index (χ3v) is 3.45. The second kappa shape index (κ2) is 6.49. The zero-order valence-corrected chi connectivity index (χ0v) is 11.9. The number of nitrogens with zero attached hydrogens (tertiary/aromatic N) is 2. The molecule has 0 spiro atoms. The molecule has 0 radical (unpaired) electrons. The molecular formula is C17H16FN3O. The third kappa shape index (κ3) is 3.20. The van der Waals surface area contributed by atoms with Crippen molar-refractivity contribution in [2.75, 3.05) is 11.9 Å². The number of anilines is 1. The van der Waals surface area contributed by atoms with E-state index in [1.165, 1.54) is 6.07 Å². The van der Waals surface area contributed by atoms with E-state index in [9.17, 15) is 9.50 Å². The van der Waals surface area contributed by atoms with Gasteiger partial charge >= 0.3 is 0 Å². The maximum Gasteiger partial charge on any atom is 0.135 e. The zero-order chi connectivity index (χ0) is 15.4. The number of hydrogen-bond acceptors (Lipinski definition) is 4. The van der Waals surface area contributed by atoms with Gasteiger partial charge in [-0.2, -0.15) is 0 Å². The molecule has 0 aliphatic carbocycles. The van der Waals surface area contributed by atoms with Gasteiger partial charge in [-0.25, -0.2) is 9.37 Å². The Morgan fingerprint density at radius 1 is 1.05 bits per heavy atom. The Balaban J connectivity index is 1.68. The maximum absolute atomic E-state index is 13.6. The van der Waals surface area contributed by atoms with Gasteiger partial charge in [0.15, 0.2) is 0 Å². The van der Waals surface area contributed by atoms with Crippen LogP contribution >= 0.6 is 0 Å². The average molecular weight is 297 g/mol. The normalized spacial score (nSPS) is 12.3. The van der Waals surface area contributed by atoms with Crippen molar-refractivity contribution in [3.05, 3.63) is 66.2 Å². The average Bonchev–Trinajstić information content (AvgIpc) is 2.55. The Labute approximate surface area is 127 Å². The van der Waals surface area contributed by atoms with Crippen molar-refractivity contribution in [3.63, 3.8) is 0 Å². The van der Waals surface area contributed by atoms with Crippen LogP contribution < -0.4 is 5.32 Å². The molecule has 0 aliphatic heterocycles. The molecule has 0 bridgehead atoms. The summed E-state index contributed by atoms with van der Waals surface area (Å²) in [6.45, 7) is 0.287. The smallest absolute Gasteiger partial charge is 0.135 e. The fourth-order valence-electron chi connectivity index (χ4n) is 2.35. The Hall–Kier alpha value is -2.53. The lowest BCUT2D eigenvalue weighted by Gasteiger charge is -2.14. The molecule has 3 aromatic rings. The van der Waals surface area contributed by atoms with Crippen molar-refractivity contribution in [2.45, 2.75) is 12.5 Å². The molecule has 1 unspecified atom stereocenters. The number of pyridine rings is 2. The number of aliphatic hydroxyl groups is 1. The monoisotopic (exact) mass is 297 g/mol. The highest BCUT2D eigenvalue weighted by Crippen LogP contribution is 2.18. The number of benzene rings is 1.